The molecule has 0 aliphatic carbocycles. The highest BCUT2D eigenvalue weighted by molar-refractivity contribution is 6.30. The third-order valence-corrected chi connectivity index (χ3v) is 5.36. The van der Waals surface area contributed by atoms with Crippen molar-refractivity contribution in [3.8, 4) is 5.75 Å². The summed E-state index contributed by atoms with van der Waals surface area (Å²) in [5, 5.41) is 4.43. The van der Waals surface area contributed by atoms with Gasteiger partial charge in [-0.1, -0.05) is 66.2 Å². The highest BCUT2D eigenvalue weighted by atomic mass is 35.5. The van der Waals surface area contributed by atoms with E-state index in [1.165, 1.54) is 16.7 Å². The van der Waals surface area contributed by atoms with E-state index in [0.29, 0.717) is 5.92 Å². The zero-order valence-electron chi connectivity index (χ0n) is 17.4. The normalized spacial score (nSPS) is 13.3. The zero-order chi connectivity index (χ0) is 20.6. The summed E-state index contributed by atoms with van der Waals surface area (Å²) in [6.07, 6.45) is 1.20. The Morgan fingerprint density at radius 1 is 0.759 bits per heavy atom. The van der Waals surface area contributed by atoms with Gasteiger partial charge in [0.15, 0.2) is 0 Å². The van der Waals surface area contributed by atoms with Crippen molar-refractivity contribution in [1.29, 1.82) is 0 Å². The molecule has 3 aromatic rings. The summed E-state index contributed by atoms with van der Waals surface area (Å²) in [5.74, 6) is 1.26. The quantitative estimate of drug-likeness (QED) is 0.412. The Kier molecular flexibility index (Phi) is 7.74. The van der Waals surface area contributed by atoms with Gasteiger partial charge in [0.2, 0.25) is 0 Å². The average Bonchev–Trinajstić information content (AvgIpc) is 2.72. The van der Waals surface area contributed by atoms with Gasteiger partial charge in [-0.05, 0) is 74.7 Å². The third kappa shape index (κ3) is 6.35. The molecule has 0 fully saturated rings. The van der Waals surface area contributed by atoms with Gasteiger partial charge in [-0.15, -0.1) is 0 Å². The topological polar surface area (TPSA) is 21.3 Å². The van der Waals surface area contributed by atoms with Gasteiger partial charge in [-0.2, -0.15) is 0 Å². The molecule has 0 aromatic heterocycles. The first-order valence-electron chi connectivity index (χ1n) is 10.3. The first kappa shape index (κ1) is 21.4. The van der Waals surface area contributed by atoms with Crippen LogP contribution in [0.25, 0.3) is 0 Å². The molecule has 0 amide bonds. The maximum Gasteiger partial charge on any atom is 0.119 e. The monoisotopic (exact) mass is 407 g/mol. The standard InChI is InChI=1S/C26H30ClNO/c1-19(2)29-25-15-11-23(12-16-25)26(22-7-5-4-6-8-22)17-18-28-20(3)21-9-13-24(27)14-10-21/h4-16,19-20,26,28H,17-18H2,1-3H3/t20-,26-/m1/s1. The van der Waals surface area contributed by atoms with Crippen LogP contribution >= 0.6 is 11.6 Å². The van der Waals surface area contributed by atoms with Crippen LogP contribution in [0.4, 0.5) is 0 Å². The molecule has 0 unspecified atom stereocenters. The fourth-order valence-corrected chi connectivity index (χ4v) is 3.70. The summed E-state index contributed by atoms with van der Waals surface area (Å²) in [6.45, 7) is 7.22. The molecule has 0 radical (unpaired) electrons. The lowest BCUT2D eigenvalue weighted by molar-refractivity contribution is 0.242. The molecule has 1 N–H and O–H groups in total. The Morgan fingerprint density at radius 3 is 1.97 bits per heavy atom. The number of benzene rings is 3. The fourth-order valence-electron chi connectivity index (χ4n) is 3.58. The first-order chi connectivity index (χ1) is 14.0. The second-order valence-electron chi connectivity index (χ2n) is 7.71. The van der Waals surface area contributed by atoms with Crippen LogP contribution in [-0.4, -0.2) is 12.6 Å². The van der Waals surface area contributed by atoms with E-state index in [2.05, 4.69) is 79.0 Å². The molecular weight excluding hydrogens is 378 g/mol. The zero-order valence-corrected chi connectivity index (χ0v) is 18.2. The van der Waals surface area contributed by atoms with Crippen molar-refractivity contribution in [2.24, 2.45) is 0 Å². The van der Waals surface area contributed by atoms with Crippen LogP contribution in [-0.2, 0) is 0 Å². The highest BCUT2D eigenvalue weighted by Crippen LogP contribution is 2.29. The van der Waals surface area contributed by atoms with Crippen LogP contribution in [0.3, 0.4) is 0 Å². The SMILES string of the molecule is CC(C)Oc1ccc([C@H](CCN[C@H](C)c2ccc(Cl)cc2)c2ccccc2)cc1. The summed E-state index contributed by atoms with van der Waals surface area (Å²) in [6, 6.07) is 27.6. The number of rotatable bonds is 9. The van der Waals surface area contributed by atoms with Crippen LogP contribution in [0.2, 0.25) is 5.02 Å². The first-order valence-corrected chi connectivity index (χ1v) is 10.7. The number of halogens is 1. The van der Waals surface area contributed by atoms with Crippen LogP contribution < -0.4 is 10.1 Å². The van der Waals surface area contributed by atoms with E-state index < -0.39 is 0 Å². The Morgan fingerprint density at radius 2 is 1.34 bits per heavy atom. The lowest BCUT2D eigenvalue weighted by atomic mass is 9.88. The molecule has 3 heteroatoms. The average molecular weight is 408 g/mol. The molecule has 0 bridgehead atoms. The molecule has 2 atom stereocenters. The van der Waals surface area contributed by atoms with Crippen molar-refractivity contribution >= 4 is 11.6 Å². The minimum Gasteiger partial charge on any atom is -0.491 e. The van der Waals surface area contributed by atoms with Crippen molar-refractivity contribution in [3.63, 3.8) is 0 Å². The molecule has 0 heterocycles. The summed E-state index contributed by atoms with van der Waals surface area (Å²) in [5.41, 5.74) is 3.90. The van der Waals surface area contributed by atoms with Gasteiger partial charge in [0.1, 0.15) is 5.75 Å². The van der Waals surface area contributed by atoms with E-state index in [-0.39, 0.29) is 12.1 Å². The van der Waals surface area contributed by atoms with Crippen molar-refractivity contribution < 1.29 is 4.74 Å². The molecule has 29 heavy (non-hydrogen) atoms. The molecule has 3 aromatic carbocycles. The van der Waals surface area contributed by atoms with Gasteiger partial charge in [0, 0.05) is 17.0 Å². The lowest BCUT2D eigenvalue weighted by Gasteiger charge is -2.21. The van der Waals surface area contributed by atoms with Gasteiger partial charge < -0.3 is 10.1 Å². The van der Waals surface area contributed by atoms with Crippen molar-refractivity contribution in [2.75, 3.05) is 6.54 Å². The molecule has 2 nitrogen and oxygen atoms in total. The number of hydrogen-bond acceptors (Lipinski definition) is 2. The van der Waals surface area contributed by atoms with Gasteiger partial charge >= 0.3 is 0 Å². The number of nitrogens with one attached hydrogen (secondary N) is 1. The maximum absolute atomic E-state index is 6.01. The van der Waals surface area contributed by atoms with Gasteiger partial charge in [0.05, 0.1) is 6.10 Å². The molecule has 0 spiro atoms. The van der Waals surface area contributed by atoms with Crippen molar-refractivity contribution in [2.45, 2.75) is 45.3 Å². The van der Waals surface area contributed by atoms with E-state index in [0.717, 1.165) is 23.7 Å². The van der Waals surface area contributed by atoms with Gasteiger partial charge in [0.25, 0.3) is 0 Å². The van der Waals surface area contributed by atoms with E-state index >= 15 is 0 Å². The molecule has 0 aliphatic rings. The van der Waals surface area contributed by atoms with Crippen LogP contribution in [0.15, 0.2) is 78.9 Å². The van der Waals surface area contributed by atoms with Gasteiger partial charge in [-0.25, -0.2) is 0 Å². The number of ether oxygens (including phenoxy) is 1. The van der Waals surface area contributed by atoms with Crippen molar-refractivity contribution in [3.05, 3.63) is 101 Å². The highest BCUT2D eigenvalue weighted by Gasteiger charge is 2.15. The van der Waals surface area contributed by atoms with Crippen LogP contribution in [0.1, 0.15) is 55.8 Å². The third-order valence-electron chi connectivity index (χ3n) is 5.11. The van der Waals surface area contributed by atoms with Crippen LogP contribution in [0.5, 0.6) is 5.75 Å². The maximum atomic E-state index is 6.01. The summed E-state index contributed by atoms with van der Waals surface area (Å²) < 4.78 is 5.80. The predicted molar refractivity (Wildman–Crippen MR) is 123 cm³/mol. The molecule has 152 valence electrons. The van der Waals surface area contributed by atoms with E-state index in [1.54, 1.807) is 0 Å². The summed E-state index contributed by atoms with van der Waals surface area (Å²) in [4.78, 5) is 0. The van der Waals surface area contributed by atoms with Crippen molar-refractivity contribution in [1.82, 2.24) is 5.32 Å². The largest absolute Gasteiger partial charge is 0.491 e. The Balaban J connectivity index is 1.68. The number of hydrogen-bond donors (Lipinski definition) is 1. The van der Waals surface area contributed by atoms with E-state index in [1.807, 2.05) is 26.0 Å². The molecule has 0 aliphatic heterocycles. The Labute approximate surface area is 179 Å². The fraction of sp³-hybridized carbons (Fsp3) is 0.308. The molecular formula is C26H30ClNO. The molecule has 3 rings (SSSR count). The second-order valence-corrected chi connectivity index (χ2v) is 8.15. The minimum atomic E-state index is 0.185. The second kappa shape index (κ2) is 10.5. The minimum absolute atomic E-state index is 0.185. The van der Waals surface area contributed by atoms with E-state index in [9.17, 15) is 0 Å². The molecule has 0 saturated heterocycles. The predicted octanol–water partition coefficient (Wildman–Crippen LogP) is 7.00. The summed E-state index contributed by atoms with van der Waals surface area (Å²) in [7, 11) is 0. The summed E-state index contributed by atoms with van der Waals surface area (Å²) >= 11 is 6.01. The Bertz CT molecular complexity index is 859. The van der Waals surface area contributed by atoms with E-state index in [4.69, 9.17) is 16.3 Å². The Hall–Kier alpha value is -2.29. The smallest absolute Gasteiger partial charge is 0.119 e. The molecule has 0 saturated carbocycles. The van der Waals surface area contributed by atoms with Gasteiger partial charge in [-0.3, -0.25) is 0 Å². The van der Waals surface area contributed by atoms with Crippen LogP contribution in [0, 0.1) is 0 Å². The lowest BCUT2D eigenvalue weighted by Crippen LogP contribution is -2.21.